The Morgan fingerprint density at radius 3 is 2.46 bits per heavy atom. The maximum atomic E-state index is 12.7. The van der Waals surface area contributed by atoms with Crippen LogP contribution < -0.4 is 4.72 Å². The summed E-state index contributed by atoms with van der Waals surface area (Å²) in [5.74, 6) is -1.28. The first-order chi connectivity index (χ1) is 12.1. The monoisotopic (exact) mass is 378 g/mol. The number of para-hydroxylation sites is 1. The van der Waals surface area contributed by atoms with Crippen LogP contribution >= 0.6 is 0 Å². The van der Waals surface area contributed by atoms with Crippen LogP contribution in [-0.2, 0) is 14.8 Å². The molecular weight excluding hydrogens is 360 g/mol. The number of hydrogen-bond acceptors (Lipinski definition) is 5. The first-order valence-corrected chi connectivity index (χ1v) is 9.15. The topological polar surface area (TPSA) is 127 Å². The highest BCUT2D eigenvalue weighted by Crippen LogP contribution is 2.29. The summed E-state index contributed by atoms with van der Waals surface area (Å²) in [6.45, 7) is 3.44. The van der Waals surface area contributed by atoms with Gasteiger partial charge < -0.3 is 5.11 Å². The maximum absolute atomic E-state index is 12.7. The molecule has 2 aromatic rings. The molecule has 0 radical (unpaired) electrons. The largest absolute Gasteiger partial charge is 0.481 e. The Hall–Kier alpha value is -2.78. The van der Waals surface area contributed by atoms with E-state index in [0.717, 1.165) is 5.56 Å². The highest BCUT2D eigenvalue weighted by molar-refractivity contribution is 7.89. The van der Waals surface area contributed by atoms with Crippen molar-refractivity contribution in [3.63, 3.8) is 0 Å². The molecule has 0 aromatic heterocycles. The van der Waals surface area contributed by atoms with E-state index in [1.807, 2.05) is 6.92 Å². The number of nitrogens with zero attached hydrogens (tertiary/aromatic N) is 1. The normalized spacial score (nSPS) is 12.5. The molecule has 1 atom stereocenters. The van der Waals surface area contributed by atoms with Crippen LogP contribution in [0, 0.1) is 24.0 Å². The molecule has 2 aromatic carbocycles. The van der Waals surface area contributed by atoms with Crippen molar-refractivity contribution in [1.29, 1.82) is 0 Å². The summed E-state index contributed by atoms with van der Waals surface area (Å²) in [4.78, 5) is 21.7. The van der Waals surface area contributed by atoms with E-state index in [9.17, 15) is 23.3 Å². The van der Waals surface area contributed by atoms with Crippen molar-refractivity contribution in [3.8, 4) is 0 Å². The van der Waals surface area contributed by atoms with Crippen LogP contribution in [0.5, 0.6) is 0 Å². The van der Waals surface area contributed by atoms with E-state index in [0.29, 0.717) is 5.56 Å². The Balaban J connectivity index is 2.49. The standard InChI is InChI=1S/C17H18N2O6S/c1-11-7-8-16(12(2)9-11)26(24,25)18-14(10-17(20)21)13-5-3-4-6-15(13)19(22)23/h3-9,14,18H,10H2,1-2H3,(H,20,21)/t14-/m0/s1. The van der Waals surface area contributed by atoms with E-state index in [1.165, 1.54) is 30.3 Å². The van der Waals surface area contributed by atoms with E-state index >= 15 is 0 Å². The zero-order valence-electron chi connectivity index (χ0n) is 14.2. The van der Waals surface area contributed by atoms with Crippen LogP contribution in [0.4, 0.5) is 5.69 Å². The number of aliphatic carboxylic acids is 1. The molecule has 0 bridgehead atoms. The lowest BCUT2D eigenvalue weighted by Gasteiger charge is -2.18. The van der Waals surface area contributed by atoms with Crippen molar-refractivity contribution in [2.75, 3.05) is 0 Å². The first kappa shape index (κ1) is 19.5. The molecule has 0 fully saturated rings. The van der Waals surface area contributed by atoms with Crippen LogP contribution in [-0.4, -0.2) is 24.4 Å². The molecule has 0 heterocycles. The van der Waals surface area contributed by atoms with Gasteiger partial charge in [0.25, 0.3) is 5.69 Å². The maximum Gasteiger partial charge on any atom is 0.305 e. The predicted molar refractivity (Wildman–Crippen MR) is 94.3 cm³/mol. The molecule has 2 rings (SSSR count). The molecule has 0 aliphatic rings. The Kier molecular flexibility index (Phi) is 5.73. The second-order valence-corrected chi connectivity index (χ2v) is 7.54. The van der Waals surface area contributed by atoms with Gasteiger partial charge in [0.1, 0.15) is 0 Å². The van der Waals surface area contributed by atoms with Crippen LogP contribution in [0.15, 0.2) is 47.4 Å². The fraction of sp³-hybridized carbons (Fsp3) is 0.235. The Morgan fingerprint density at radius 1 is 1.23 bits per heavy atom. The van der Waals surface area contributed by atoms with Crippen molar-refractivity contribution < 1.29 is 23.2 Å². The minimum Gasteiger partial charge on any atom is -0.481 e. The molecule has 0 unspecified atom stereocenters. The molecule has 0 spiro atoms. The molecule has 26 heavy (non-hydrogen) atoms. The first-order valence-electron chi connectivity index (χ1n) is 7.66. The number of aryl methyl sites for hydroxylation is 2. The molecule has 0 saturated heterocycles. The molecule has 138 valence electrons. The number of rotatable bonds is 7. The van der Waals surface area contributed by atoms with Gasteiger partial charge in [-0.25, -0.2) is 13.1 Å². The molecular formula is C17H18N2O6S. The average Bonchev–Trinajstić information content (AvgIpc) is 2.53. The van der Waals surface area contributed by atoms with Crippen molar-refractivity contribution in [3.05, 3.63) is 69.3 Å². The van der Waals surface area contributed by atoms with E-state index < -0.39 is 33.4 Å². The summed E-state index contributed by atoms with van der Waals surface area (Å²) >= 11 is 0. The second-order valence-electron chi connectivity index (χ2n) is 5.86. The van der Waals surface area contributed by atoms with Crippen LogP contribution in [0.2, 0.25) is 0 Å². The lowest BCUT2D eigenvalue weighted by Crippen LogP contribution is -2.31. The summed E-state index contributed by atoms with van der Waals surface area (Å²) in [5, 5.41) is 20.3. The van der Waals surface area contributed by atoms with Crippen molar-refractivity contribution >= 4 is 21.7 Å². The molecule has 8 nitrogen and oxygen atoms in total. The van der Waals surface area contributed by atoms with Gasteiger partial charge in [0.15, 0.2) is 0 Å². The summed E-state index contributed by atoms with van der Waals surface area (Å²) in [6.07, 6.45) is -0.630. The van der Waals surface area contributed by atoms with Gasteiger partial charge >= 0.3 is 5.97 Å². The van der Waals surface area contributed by atoms with Crippen molar-refractivity contribution in [1.82, 2.24) is 4.72 Å². The van der Waals surface area contributed by atoms with Gasteiger partial charge in [-0.1, -0.05) is 35.9 Å². The van der Waals surface area contributed by atoms with Gasteiger partial charge in [-0.05, 0) is 25.5 Å². The molecule has 0 saturated carbocycles. The molecule has 0 amide bonds. The molecule has 9 heteroatoms. The number of nitro benzene ring substituents is 1. The third-order valence-corrected chi connectivity index (χ3v) is 5.44. The minimum atomic E-state index is -4.08. The minimum absolute atomic E-state index is 0.00271. The summed E-state index contributed by atoms with van der Waals surface area (Å²) in [7, 11) is -4.08. The van der Waals surface area contributed by atoms with Gasteiger partial charge in [-0.3, -0.25) is 14.9 Å². The van der Waals surface area contributed by atoms with Gasteiger partial charge in [0, 0.05) is 11.6 Å². The van der Waals surface area contributed by atoms with Gasteiger partial charge in [-0.2, -0.15) is 0 Å². The second kappa shape index (κ2) is 7.63. The number of carbonyl (C=O) groups is 1. The quantitative estimate of drug-likeness (QED) is 0.563. The Morgan fingerprint density at radius 2 is 1.88 bits per heavy atom. The Labute approximate surface area is 150 Å². The molecule has 0 aliphatic heterocycles. The lowest BCUT2D eigenvalue weighted by atomic mass is 10.0. The number of benzene rings is 2. The highest BCUT2D eigenvalue weighted by atomic mass is 32.2. The van der Waals surface area contributed by atoms with Crippen LogP contribution in [0.25, 0.3) is 0 Å². The zero-order valence-corrected chi connectivity index (χ0v) is 15.0. The van der Waals surface area contributed by atoms with Gasteiger partial charge in [-0.15, -0.1) is 0 Å². The third kappa shape index (κ3) is 4.44. The number of nitrogens with one attached hydrogen (secondary N) is 1. The average molecular weight is 378 g/mol. The molecule has 2 N–H and O–H groups in total. The van der Waals surface area contributed by atoms with E-state index in [-0.39, 0.29) is 16.1 Å². The smallest absolute Gasteiger partial charge is 0.305 e. The number of sulfonamides is 1. The summed E-state index contributed by atoms with van der Waals surface area (Å²) < 4.78 is 27.8. The Bertz CT molecular complexity index is 955. The number of hydrogen-bond donors (Lipinski definition) is 2. The van der Waals surface area contributed by atoms with Crippen molar-refractivity contribution in [2.24, 2.45) is 0 Å². The molecule has 0 aliphatic carbocycles. The van der Waals surface area contributed by atoms with Crippen LogP contribution in [0.1, 0.15) is 29.2 Å². The highest BCUT2D eigenvalue weighted by Gasteiger charge is 2.29. The number of nitro groups is 1. The predicted octanol–water partition coefficient (Wildman–Crippen LogP) is 2.71. The third-order valence-electron chi connectivity index (χ3n) is 3.80. The number of carboxylic acids is 1. The lowest BCUT2D eigenvalue weighted by molar-refractivity contribution is -0.385. The van der Waals surface area contributed by atoms with Crippen molar-refractivity contribution in [2.45, 2.75) is 31.2 Å². The van der Waals surface area contributed by atoms with Gasteiger partial charge in [0.2, 0.25) is 10.0 Å². The zero-order chi connectivity index (χ0) is 19.5. The fourth-order valence-corrected chi connectivity index (χ4v) is 4.13. The number of carboxylic acid groups (broad SMARTS) is 1. The van der Waals surface area contributed by atoms with E-state index in [4.69, 9.17) is 5.11 Å². The van der Waals surface area contributed by atoms with Crippen LogP contribution in [0.3, 0.4) is 0 Å². The SMILES string of the molecule is Cc1ccc(S(=O)(=O)N[C@@H](CC(=O)O)c2ccccc2[N+](=O)[O-])c(C)c1. The van der Waals surface area contributed by atoms with E-state index in [2.05, 4.69) is 4.72 Å². The van der Waals surface area contributed by atoms with Gasteiger partial charge in [0.05, 0.1) is 22.3 Å². The fourth-order valence-electron chi connectivity index (χ4n) is 2.69. The van der Waals surface area contributed by atoms with E-state index in [1.54, 1.807) is 19.1 Å². The summed E-state index contributed by atoms with van der Waals surface area (Å²) in [5.41, 5.74) is 1.02. The summed E-state index contributed by atoms with van der Waals surface area (Å²) in [6, 6.07) is 8.92.